The lowest BCUT2D eigenvalue weighted by Crippen LogP contribution is -2.02. The summed E-state index contributed by atoms with van der Waals surface area (Å²) in [5.41, 5.74) is 7.82. The van der Waals surface area contributed by atoms with Gasteiger partial charge in [-0.2, -0.15) is 0 Å². The van der Waals surface area contributed by atoms with Crippen LogP contribution in [0.15, 0.2) is 29.3 Å². The molecule has 5 heteroatoms. The van der Waals surface area contributed by atoms with E-state index < -0.39 is 0 Å². The second-order valence-electron chi connectivity index (χ2n) is 3.92. The van der Waals surface area contributed by atoms with Crippen molar-refractivity contribution >= 4 is 21.7 Å². The number of anilines is 1. The Balaban J connectivity index is 2.30. The van der Waals surface area contributed by atoms with Gasteiger partial charge in [-0.3, -0.25) is 4.98 Å². The van der Waals surface area contributed by atoms with E-state index in [9.17, 15) is 0 Å². The maximum Gasteiger partial charge on any atom is 0.131 e. The lowest BCUT2D eigenvalue weighted by Gasteiger charge is -2.04. The summed E-state index contributed by atoms with van der Waals surface area (Å²) < 4.78 is 2.91. The van der Waals surface area contributed by atoms with Gasteiger partial charge in [-0.05, 0) is 28.4 Å². The van der Waals surface area contributed by atoms with E-state index in [4.69, 9.17) is 5.73 Å². The number of hydrogen-bond acceptors (Lipinski definition) is 3. The molecule has 2 heterocycles. The van der Waals surface area contributed by atoms with Crippen LogP contribution in [-0.2, 0) is 6.54 Å². The molecule has 90 valence electrons. The first-order valence-electron chi connectivity index (χ1n) is 5.64. The lowest BCUT2D eigenvalue weighted by atomic mass is 10.2. The molecular weight excluding hydrogens is 280 g/mol. The number of nitrogens with two attached hydrogens (primary N) is 1. The lowest BCUT2D eigenvalue weighted by molar-refractivity contribution is 0.637. The van der Waals surface area contributed by atoms with Gasteiger partial charge in [0.25, 0.3) is 0 Å². The van der Waals surface area contributed by atoms with Gasteiger partial charge in [0.1, 0.15) is 11.5 Å². The van der Waals surface area contributed by atoms with E-state index >= 15 is 0 Å². The van der Waals surface area contributed by atoms with Crippen LogP contribution >= 0.6 is 15.9 Å². The summed E-state index contributed by atoms with van der Waals surface area (Å²) in [7, 11) is 0. The van der Waals surface area contributed by atoms with Crippen molar-refractivity contribution in [3.8, 4) is 11.3 Å². The predicted octanol–water partition coefficient (Wildman–Crippen LogP) is 3.09. The summed E-state index contributed by atoms with van der Waals surface area (Å²) in [5.74, 6) is 0.707. The first-order valence-corrected chi connectivity index (χ1v) is 6.43. The minimum Gasteiger partial charge on any atom is -0.383 e. The Kier molecular flexibility index (Phi) is 3.78. The first kappa shape index (κ1) is 12.1. The summed E-state index contributed by atoms with van der Waals surface area (Å²) >= 11 is 3.39. The van der Waals surface area contributed by atoms with Gasteiger partial charge in [0.05, 0.1) is 6.33 Å². The van der Waals surface area contributed by atoms with E-state index in [1.54, 1.807) is 18.7 Å². The van der Waals surface area contributed by atoms with E-state index in [2.05, 4.69) is 32.8 Å². The zero-order chi connectivity index (χ0) is 12.3. The molecule has 0 aromatic carbocycles. The van der Waals surface area contributed by atoms with Crippen molar-refractivity contribution < 1.29 is 0 Å². The maximum absolute atomic E-state index is 6.08. The number of aromatic nitrogens is 3. The molecule has 0 bridgehead atoms. The number of nitrogen functional groups attached to an aromatic ring is 1. The number of nitrogens with zero attached hydrogens (tertiary/aromatic N) is 3. The summed E-state index contributed by atoms with van der Waals surface area (Å²) in [6, 6.07) is 1.97. The predicted molar refractivity (Wildman–Crippen MR) is 72.5 cm³/mol. The molecule has 2 aromatic heterocycles. The van der Waals surface area contributed by atoms with Crippen LogP contribution in [0.2, 0.25) is 0 Å². The monoisotopic (exact) mass is 294 g/mol. The average molecular weight is 295 g/mol. The van der Waals surface area contributed by atoms with Crippen LogP contribution in [0.4, 0.5) is 5.82 Å². The molecule has 0 amide bonds. The zero-order valence-corrected chi connectivity index (χ0v) is 11.3. The van der Waals surface area contributed by atoms with Gasteiger partial charge in [-0.25, -0.2) is 4.98 Å². The Labute approximate surface area is 109 Å². The van der Waals surface area contributed by atoms with E-state index in [0.717, 1.165) is 35.1 Å². The molecule has 0 spiro atoms. The molecule has 0 saturated carbocycles. The van der Waals surface area contributed by atoms with Gasteiger partial charge < -0.3 is 10.3 Å². The van der Waals surface area contributed by atoms with Gasteiger partial charge in [0.15, 0.2) is 0 Å². The Morgan fingerprint density at radius 1 is 1.41 bits per heavy atom. The molecule has 4 nitrogen and oxygen atoms in total. The Bertz CT molecular complexity index is 507. The summed E-state index contributed by atoms with van der Waals surface area (Å²) in [6.07, 6.45) is 7.56. The molecule has 0 fully saturated rings. The Hall–Kier alpha value is -1.36. The van der Waals surface area contributed by atoms with Crippen LogP contribution < -0.4 is 5.73 Å². The second-order valence-corrected chi connectivity index (χ2v) is 4.83. The van der Waals surface area contributed by atoms with Gasteiger partial charge in [-0.1, -0.05) is 13.3 Å². The van der Waals surface area contributed by atoms with E-state index in [1.165, 1.54) is 0 Å². The minimum absolute atomic E-state index is 0.707. The number of halogens is 1. The molecule has 0 aliphatic carbocycles. The number of aryl methyl sites for hydroxylation is 1. The van der Waals surface area contributed by atoms with E-state index in [1.807, 2.05) is 10.6 Å². The highest BCUT2D eigenvalue weighted by Gasteiger charge is 2.10. The van der Waals surface area contributed by atoms with Crippen LogP contribution in [0.5, 0.6) is 0 Å². The molecule has 0 atom stereocenters. The molecule has 17 heavy (non-hydrogen) atoms. The molecule has 2 aromatic rings. The molecular formula is C12H15BrN4. The SMILES string of the molecule is CCCCn1cnc(-c2cncc(Br)c2)c1N. The number of rotatable bonds is 4. The van der Waals surface area contributed by atoms with Crippen LogP contribution in [0.3, 0.4) is 0 Å². The van der Waals surface area contributed by atoms with E-state index in [0.29, 0.717) is 5.82 Å². The molecule has 2 rings (SSSR count). The largest absolute Gasteiger partial charge is 0.383 e. The standard InChI is InChI=1S/C12H15BrN4/c1-2-3-4-17-8-16-11(12(17)14)9-5-10(13)7-15-6-9/h5-8H,2-4,14H2,1H3. The van der Waals surface area contributed by atoms with Crippen LogP contribution in [-0.4, -0.2) is 14.5 Å². The number of imidazole rings is 1. The minimum atomic E-state index is 0.707. The third-order valence-corrected chi connectivity index (χ3v) is 3.04. The van der Waals surface area contributed by atoms with E-state index in [-0.39, 0.29) is 0 Å². The summed E-state index contributed by atoms with van der Waals surface area (Å²) in [4.78, 5) is 8.48. The molecule has 0 radical (unpaired) electrons. The van der Waals surface area contributed by atoms with Crippen molar-refractivity contribution in [1.82, 2.24) is 14.5 Å². The summed E-state index contributed by atoms with van der Waals surface area (Å²) in [5, 5.41) is 0. The maximum atomic E-state index is 6.08. The van der Waals surface area contributed by atoms with Gasteiger partial charge >= 0.3 is 0 Å². The van der Waals surface area contributed by atoms with Crippen LogP contribution in [0.25, 0.3) is 11.3 Å². The first-order chi connectivity index (χ1) is 8.22. The third-order valence-electron chi connectivity index (χ3n) is 2.61. The van der Waals surface area contributed by atoms with Gasteiger partial charge in [-0.15, -0.1) is 0 Å². The highest BCUT2D eigenvalue weighted by molar-refractivity contribution is 9.10. The molecule has 0 aliphatic heterocycles. The van der Waals surface area contributed by atoms with Crippen LogP contribution in [0.1, 0.15) is 19.8 Å². The van der Waals surface area contributed by atoms with Crippen molar-refractivity contribution in [2.75, 3.05) is 5.73 Å². The fourth-order valence-corrected chi connectivity index (χ4v) is 2.03. The van der Waals surface area contributed by atoms with Crippen LogP contribution in [0, 0.1) is 0 Å². The highest BCUT2D eigenvalue weighted by Crippen LogP contribution is 2.25. The fourth-order valence-electron chi connectivity index (χ4n) is 1.66. The average Bonchev–Trinajstić information content (AvgIpc) is 2.68. The van der Waals surface area contributed by atoms with Crippen molar-refractivity contribution in [3.05, 3.63) is 29.3 Å². The third kappa shape index (κ3) is 2.66. The van der Waals surface area contributed by atoms with Crippen molar-refractivity contribution in [2.45, 2.75) is 26.3 Å². The smallest absolute Gasteiger partial charge is 0.131 e. The van der Waals surface area contributed by atoms with Gasteiger partial charge in [0.2, 0.25) is 0 Å². The highest BCUT2D eigenvalue weighted by atomic mass is 79.9. The quantitative estimate of drug-likeness (QED) is 0.943. The van der Waals surface area contributed by atoms with Crippen molar-refractivity contribution in [3.63, 3.8) is 0 Å². The number of unbranched alkanes of at least 4 members (excludes halogenated alkanes) is 1. The molecule has 0 unspecified atom stereocenters. The van der Waals surface area contributed by atoms with Gasteiger partial charge in [0, 0.05) is 29.0 Å². The topological polar surface area (TPSA) is 56.7 Å². The number of pyridine rings is 1. The normalized spacial score (nSPS) is 10.7. The number of hydrogen-bond donors (Lipinski definition) is 1. The van der Waals surface area contributed by atoms with Crippen molar-refractivity contribution in [2.24, 2.45) is 0 Å². The van der Waals surface area contributed by atoms with Crippen molar-refractivity contribution in [1.29, 1.82) is 0 Å². The second kappa shape index (κ2) is 5.31. The molecule has 0 aliphatic rings. The fraction of sp³-hybridized carbons (Fsp3) is 0.333. The molecule has 0 saturated heterocycles. The Morgan fingerprint density at radius 2 is 2.24 bits per heavy atom. The summed E-state index contributed by atoms with van der Waals surface area (Å²) in [6.45, 7) is 3.07. The Morgan fingerprint density at radius 3 is 2.94 bits per heavy atom. The molecule has 2 N–H and O–H groups in total. The zero-order valence-electron chi connectivity index (χ0n) is 9.73.